The summed E-state index contributed by atoms with van der Waals surface area (Å²) in [7, 11) is 1.65. The van der Waals surface area contributed by atoms with E-state index in [9.17, 15) is 18.0 Å². The Balaban J connectivity index is 2.69. The van der Waals surface area contributed by atoms with Crippen LogP contribution in [0, 0.1) is 6.92 Å². The lowest BCUT2D eigenvalue weighted by Gasteiger charge is -2.11. The Morgan fingerprint density at radius 3 is 2.56 bits per heavy atom. The van der Waals surface area contributed by atoms with Gasteiger partial charge in [0.25, 0.3) is 5.91 Å². The van der Waals surface area contributed by atoms with Gasteiger partial charge in [-0.2, -0.15) is 13.2 Å². The van der Waals surface area contributed by atoms with Gasteiger partial charge in [-0.1, -0.05) is 11.6 Å². The van der Waals surface area contributed by atoms with E-state index in [0.29, 0.717) is 11.3 Å². The van der Waals surface area contributed by atoms with Crippen LogP contribution < -0.4 is 10.6 Å². The number of nitrogens with one attached hydrogen (secondary N) is 2. The van der Waals surface area contributed by atoms with Crippen molar-refractivity contribution in [1.29, 1.82) is 0 Å². The van der Waals surface area contributed by atoms with Crippen molar-refractivity contribution in [1.82, 2.24) is 5.32 Å². The predicted molar refractivity (Wildman–Crippen MR) is 63.7 cm³/mol. The molecule has 0 saturated carbocycles. The van der Waals surface area contributed by atoms with Gasteiger partial charge in [0.2, 0.25) is 0 Å². The molecule has 1 aromatic rings. The minimum Gasteiger partial charge on any atom is -0.387 e. The maximum Gasteiger partial charge on any atom is 0.390 e. The molecule has 0 aliphatic carbocycles. The first-order valence-electron chi connectivity index (χ1n) is 5.47. The molecule has 3 nitrogen and oxygen atoms in total. The lowest BCUT2D eigenvalue weighted by Crippen LogP contribution is -2.28. The summed E-state index contributed by atoms with van der Waals surface area (Å²) in [6.07, 6.45) is -5.29. The van der Waals surface area contributed by atoms with Gasteiger partial charge >= 0.3 is 6.18 Å². The topological polar surface area (TPSA) is 41.1 Å². The smallest absolute Gasteiger partial charge is 0.387 e. The van der Waals surface area contributed by atoms with E-state index in [0.717, 1.165) is 5.56 Å². The molecule has 0 radical (unpaired) electrons. The molecule has 1 rings (SSSR count). The first-order chi connectivity index (χ1) is 8.33. The van der Waals surface area contributed by atoms with E-state index in [-0.39, 0.29) is 0 Å². The summed E-state index contributed by atoms with van der Waals surface area (Å²) in [4.78, 5) is 11.7. The van der Waals surface area contributed by atoms with Crippen LogP contribution in [0.15, 0.2) is 18.2 Å². The van der Waals surface area contributed by atoms with Gasteiger partial charge in [0.15, 0.2) is 0 Å². The highest BCUT2D eigenvalue weighted by molar-refractivity contribution is 5.99. The molecular weight excluding hydrogens is 245 g/mol. The molecule has 6 heteroatoms. The van der Waals surface area contributed by atoms with Gasteiger partial charge in [0, 0.05) is 19.3 Å². The van der Waals surface area contributed by atoms with E-state index in [1.807, 2.05) is 13.0 Å². The van der Waals surface area contributed by atoms with E-state index < -0.39 is 25.0 Å². The number of rotatable bonds is 4. The number of amides is 1. The maximum absolute atomic E-state index is 12.0. The highest BCUT2D eigenvalue weighted by Crippen LogP contribution is 2.19. The van der Waals surface area contributed by atoms with Crippen molar-refractivity contribution in [2.75, 3.05) is 18.9 Å². The van der Waals surface area contributed by atoms with Crippen LogP contribution >= 0.6 is 0 Å². The summed E-state index contributed by atoms with van der Waals surface area (Å²) >= 11 is 0. The van der Waals surface area contributed by atoms with Crippen molar-refractivity contribution in [3.05, 3.63) is 29.3 Å². The first-order valence-corrected chi connectivity index (χ1v) is 5.47. The van der Waals surface area contributed by atoms with Crippen LogP contribution in [0.3, 0.4) is 0 Å². The molecule has 100 valence electrons. The SMILES string of the molecule is CNc1ccc(C)cc1C(=O)NCCC(F)(F)F. The molecule has 1 amide bonds. The molecule has 0 aliphatic rings. The van der Waals surface area contributed by atoms with E-state index in [1.54, 1.807) is 19.2 Å². The normalized spacial score (nSPS) is 11.2. The van der Waals surface area contributed by atoms with E-state index >= 15 is 0 Å². The molecule has 0 saturated heterocycles. The summed E-state index contributed by atoms with van der Waals surface area (Å²) in [6.45, 7) is 1.39. The zero-order valence-electron chi connectivity index (χ0n) is 10.2. The number of halogens is 3. The molecule has 0 aromatic heterocycles. The fourth-order valence-corrected chi connectivity index (χ4v) is 1.48. The van der Waals surface area contributed by atoms with Gasteiger partial charge in [-0.25, -0.2) is 0 Å². The Morgan fingerprint density at radius 2 is 2.00 bits per heavy atom. The zero-order valence-corrected chi connectivity index (χ0v) is 10.2. The fourth-order valence-electron chi connectivity index (χ4n) is 1.48. The second-order valence-corrected chi connectivity index (χ2v) is 3.92. The Kier molecular flexibility index (Phi) is 4.58. The lowest BCUT2D eigenvalue weighted by atomic mass is 10.1. The number of carbonyl (C=O) groups is 1. The summed E-state index contributed by atoms with van der Waals surface area (Å²) in [6, 6.07) is 5.17. The van der Waals surface area contributed by atoms with Crippen LogP contribution in [-0.2, 0) is 0 Å². The molecule has 0 aliphatic heterocycles. The quantitative estimate of drug-likeness (QED) is 0.874. The third kappa shape index (κ3) is 4.27. The third-order valence-corrected chi connectivity index (χ3v) is 2.38. The molecule has 0 bridgehead atoms. The molecule has 0 heterocycles. The summed E-state index contributed by atoms with van der Waals surface area (Å²) < 4.78 is 35.9. The Labute approximate surface area is 103 Å². The van der Waals surface area contributed by atoms with Crippen molar-refractivity contribution < 1.29 is 18.0 Å². The van der Waals surface area contributed by atoms with Crippen LogP contribution in [0.1, 0.15) is 22.3 Å². The van der Waals surface area contributed by atoms with Crippen LogP contribution in [-0.4, -0.2) is 25.7 Å². The van der Waals surface area contributed by atoms with E-state index in [1.165, 1.54) is 0 Å². The minimum atomic E-state index is -4.26. The highest BCUT2D eigenvalue weighted by Gasteiger charge is 2.26. The van der Waals surface area contributed by atoms with Crippen molar-refractivity contribution in [2.24, 2.45) is 0 Å². The van der Waals surface area contributed by atoms with Crippen molar-refractivity contribution in [3.8, 4) is 0 Å². The number of carbonyl (C=O) groups excluding carboxylic acids is 1. The Hall–Kier alpha value is -1.72. The molecule has 0 fully saturated rings. The molecule has 18 heavy (non-hydrogen) atoms. The Bertz CT molecular complexity index is 430. The second kappa shape index (κ2) is 5.75. The highest BCUT2D eigenvalue weighted by atomic mass is 19.4. The van der Waals surface area contributed by atoms with Gasteiger partial charge in [-0.05, 0) is 19.1 Å². The number of alkyl halides is 3. The minimum absolute atomic E-state index is 0.347. The van der Waals surface area contributed by atoms with Crippen molar-refractivity contribution in [3.63, 3.8) is 0 Å². The van der Waals surface area contributed by atoms with Crippen LogP contribution in [0.4, 0.5) is 18.9 Å². The average molecular weight is 260 g/mol. The van der Waals surface area contributed by atoms with Gasteiger partial charge in [-0.3, -0.25) is 4.79 Å². The third-order valence-electron chi connectivity index (χ3n) is 2.38. The molecular formula is C12H15F3N2O. The zero-order chi connectivity index (χ0) is 13.8. The van der Waals surface area contributed by atoms with E-state index in [2.05, 4.69) is 10.6 Å². The first kappa shape index (κ1) is 14.3. The van der Waals surface area contributed by atoms with Gasteiger partial charge < -0.3 is 10.6 Å². The fraction of sp³-hybridized carbons (Fsp3) is 0.417. The van der Waals surface area contributed by atoms with Crippen LogP contribution in [0.2, 0.25) is 0 Å². The largest absolute Gasteiger partial charge is 0.390 e. The van der Waals surface area contributed by atoms with Gasteiger partial charge in [-0.15, -0.1) is 0 Å². The number of aryl methyl sites for hydroxylation is 1. The van der Waals surface area contributed by atoms with Crippen LogP contribution in [0.5, 0.6) is 0 Å². The average Bonchev–Trinajstić information content (AvgIpc) is 2.27. The monoisotopic (exact) mass is 260 g/mol. The predicted octanol–water partition coefficient (Wildman–Crippen LogP) is 2.72. The summed E-state index contributed by atoms with van der Waals surface area (Å²) in [5.41, 5.74) is 1.81. The van der Waals surface area contributed by atoms with Crippen molar-refractivity contribution >= 4 is 11.6 Å². The summed E-state index contributed by atoms with van der Waals surface area (Å²) in [5.74, 6) is -0.507. The lowest BCUT2D eigenvalue weighted by molar-refractivity contribution is -0.132. The number of anilines is 1. The Morgan fingerprint density at radius 1 is 1.33 bits per heavy atom. The number of benzene rings is 1. The standard InChI is InChI=1S/C12H15F3N2O/c1-8-3-4-10(16-2)9(7-8)11(18)17-6-5-12(13,14)15/h3-4,7,16H,5-6H2,1-2H3,(H,17,18). The molecule has 1 aromatic carbocycles. The maximum atomic E-state index is 12.0. The number of hydrogen-bond acceptors (Lipinski definition) is 2. The summed E-state index contributed by atoms with van der Waals surface area (Å²) in [5, 5.41) is 5.09. The van der Waals surface area contributed by atoms with Gasteiger partial charge in [0.1, 0.15) is 0 Å². The van der Waals surface area contributed by atoms with E-state index in [4.69, 9.17) is 0 Å². The number of hydrogen-bond donors (Lipinski definition) is 2. The van der Waals surface area contributed by atoms with Crippen LogP contribution in [0.25, 0.3) is 0 Å². The van der Waals surface area contributed by atoms with Crippen molar-refractivity contribution in [2.45, 2.75) is 19.5 Å². The second-order valence-electron chi connectivity index (χ2n) is 3.92. The van der Waals surface area contributed by atoms with Gasteiger partial charge in [0.05, 0.1) is 12.0 Å². The molecule has 0 atom stereocenters. The molecule has 2 N–H and O–H groups in total. The molecule has 0 unspecified atom stereocenters. The molecule has 0 spiro atoms.